The maximum Gasteiger partial charge on any atom is 0.261 e. The predicted octanol–water partition coefficient (Wildman–Crippen LogP) is 3.58. The fourth-order valence-electron chi connectivity index (χ4n) is 2.70. The molecule has 0 spiro atoms. The van der Waals surface area contributed by atoms with Gasteiger partial charge in [0.1, 0.15) is 11.8 Å². The molecule has 27 heavy (non-hydrogen) atoms. The quantitative estimate of drug-likeness (QED) is 0.751. The lowest BCUT2D eigenvalue weighted by atomic mass is 10.1. The number of rotatable bonds is 8. The Kier molecular flexibility index (Phi) is 7.67. The number of hydrogen-bond acceptors (Lipinski definition) is 3. The summed E-state index contributed by atoms with van der Waals surface area (Å²) >= 11 is 6.07. The Morgan fingerprint density at radius 2 is 1.93 bits per heavy atom. The topological polar surface area (TPSA) is 58.6 Å². The van der Waals surface area contributed by atoms with Crippen LogP contribution in [0.4, 0.5) is 0 Å². The van der Waals surface area contributed by atoms with Crippen LogP contribution in [0.15, 0.2) is 48.5 Å². The summed E-state index contributed by atoms with van der Waals surface area (Å²) in [5, 5.41) is 3.20. The van der Waals surface area contributed by atoms with E-state index >= 15 is 0 Å². The zero-order chi connectivity index (χ0) is 19.8. The number of para-hydroxylation sites is 1. The lowest BCUT2D eigenvalue weighted by molar-refractivity contribution is -0.142. The average Bonchev–Trinajstić information content (AvgIpc) is 2.65. The highest BCUT2D eigenvalue weighted by Gasteiger charge is 2.26. The molecule has 144 valence electrons. The van der Waals surface area contributed by atoms with E-state index in [0.29, 0.717) is 23.9 Å². The van der Waals surface area contributed by atoms with Crippen LogP contribution in [-0.4, -0.2) is 35.9 Å². The van der Waals surface area contributed by atoms with Gasteiger partial charge in [0.05, 0.1) is 5.02 Å². The number of likely N-dealkylation sites (N-methyl/N-ethyl adjacent to an activating group) is 1. The number of aryl methyl sites for hydroxylation is 1. The summed E-state index contributed by atoms with van der Waals surface area (Å²) in [6.45, 7) is 6.19. The standard InChI is InChI=1S/C21H25ClN2O3/c1-4-23-21(26)16(3)24(13-17-9-7-8-15(2)12-17)20(25)14-27-19-11-6-5-10-18(19)22/h5-12,16H,4,13-14H2,1-3H3,(H,23,26)/t16-/m1/s1. The molecule has 1 N–H and O–H groups in total. The molecule has 0 aliphatic carbocycles. The second kappa shape index (κ2) is 9.97. The van der Waals surface area contributed by atoms with Gasteiger partial charge in [-0.3, -0.25) is 9.59 Å². The average molecular weight is 389 g/mol. The van der Waals surface area contributed by atoms with E-state index in [1.807, 2.05) is 38.1 Å². The molecule has 1 atom stereocenters. The van der Waals surface area contributed by atoms with Crippen molar-refractivity contribution in [3.8, 4) is 5.75 Å². The number of benzene rings is 2. The van der Waals surface area contributed by atoms with E-state index in [1.54, 1.807) is 31.2 Å². The van der Waals surface area contributed by atoms with Gasteiger partial charge in [0.2, 0.25) is 5.91 Å². The SMILES string of the molecule is CCNC(=O)[C@@H](C)N(Cc1cccc(C)c1)C(=O)COc1ccccc1Cl. The molecule has 0 bridgehead atoms. The molecule has 0 heterocycles. The number of hydrogen-bond donors (Lipinski definition) is 1. The van der Waals surface area contributed by atoms with Crippen molar-refractivity contribution >= 4 is 23.4 Å². The largest absolute Gasteiger partial charge is 0.482 e. The molecule has 0 saturated carbocycles. The molecule has 0 unspecified atom stereocenters. The molecular weight excluding hydrogens is 364 g/mol. The van der Waals surface area contributed by atoms with E-state index in [0.717, 1.165) is 11.1 Å². The first-order valence-corrected chi connectivity index (χ1v) is 9.30. The summed E-state index contributed by atoms with van der Waals surface area (Å²) in [4.78, 5) is 26.7. The highest BCUT2D eigenvalue weighted by atomic mass is 35.5. The van der Waals surface area contributed by atoms with Crippen LogP contribution in [-0.2, 0) is 16.1 Å². The van der Waals surface area contributed by atoms with E-state index < -0.39 is 6.04 Å². The van der Waals surface area contributed by atoms with Crippen LogP contribution in [0.1, 0.15) is 25.0 Å². The number of nitrogens with one attached hydrogen (secondary N) is 1. The van der Waals surface area contributed by atoms with Gasteiger partial charge in [-0.15, -0.1) is 0 Å². The molecule has 2 rings (SSSR count). The third kappa shape index (κ3) is 6.00. The van der Waals surface area contributed by atoms with Crippen molar-refractivity contribution in [1.29, 1.82) is 0 Å². The summed E-state index contributed by atoms with van der Waals surface area (Å²) in [5.41, 5.74) is 2.05. The Hall–Kier alpha value is -2.53. The first kappa shape index (κ1) is 20.8. The Balaban J connectivity index is 2.15. The van der Waals surface area contributed by atoms with Gasteiger partial charge in [-0.1, -0.05) is 53.6 Å². The lowest BCUT2D eigenvalue weighted by Gasteiger charge is -2.28. The highest BCUT2D eigenvalue weighted by molar-refractivity contribution is 6.32. The monoisotopic (exact) mass is 388 g/mol. The first-order chi connectivity index (χ1) is 12.9. The molecule has 0 fully saturated rings. The number of amides is 2. The van der Waals surface area contributed by atoms with Gasteiger partial charge in [-0.2, -0.15) is 0 Å². The minimum absolute atomic E-state index is 0.195. The van der Waals surface area contributed by atoms with Gasteiger partial charge in [0.15, 0.2) is 6.61 Å². The number of carbonyl (C=O) groups excluding carboxylic acids is 2. The Morgan fingerprint density at radius 3 is 2.59 bits per heavy atom. The van der Waals surface area contributed by atoms with Crippen molar-refractivity contribution in [2.24, 2.45) is 0 Å². The fourth-order valence-corrected chi connectivity index (χ4v) is 2.89. The molecule has 0 saturated heterocycles. The smallest absolute Gasteiger partial charge is 0.261 e. The maximum absolute atomic E-state index is 12.8. The number of halogens is 1. The molecule has 2 aromatic carbocycles. The van der Waals surface area contributed by atoms with Crippen molar-refractivity contribution in [1.82, 2.24) is 10.2 Å². The minimum Gasteiger partial charge on any atom is -0.482 e. The van der Waals surface area contributed by atoms with E-state index in [-0.39, 0.29) is 18.4 Å². The van der Waals surface area contributed by atoms with Crippen LogP contribution in [0.25, 0.3) is 0 Å². The van der Waals surface area contributed by atoms with Gasteiger partial charge in [0, 0.05) is 13.1 Å². The molecule has 0 aliphatic rings. The molecule has 0 radical (unpaired) electrons. The first-order valence-electron chi connectivity index (χ1n) is 8.92. The Labute approximate surface area is 165 Å². The number of ether oxygens (including phenoxy) is 1. The Morgan fingerprint density at radius 1 is 1.19 bits per heavy atom. The van der Waals surface area contributed by atoms with Crippen molar-refractivity contribution in [2.75, 3.05) is 13.2 Å². The molecule has 6 heteroatoms. The maximum atomic E-state index is 12.8. The van der Waals surface area contributed by atoms with Crippen molar-refractivity contribution in [3.63, 3.8) is 0 Å². The van der Waals surface area contributed by atoms with E-state index in [9.17, 15) is 9.59 Å². The van der Waals surface area contributed by atoms with Gasteiger partial charge < -0.3 is 15.0 Å². The van der Waals surface area contributed by atoms with Gasteiger partial charge in [-0.05, 0) is 38.5 Å². The second-order valence-electron chi connectivity index (χ2n) is 6.30. The molecule has 2 amide bonds. The van der Waals surface area contributed by atoms with Gasteiger partial charge >= 0.3 is 0 Å². The van der Waals surface area contributed by atoms with Gasteiger partial charge in [0.25, 0.3) is 5.91 Å². The van der Waals surface area contributed by atoms with Crippen LogP contribution in [0.3, 0.4) is 0 Å². The van der Waals surface area contributed by atoms with Crippen molar-refractivity contribution in [3.05, 3.63) is 64.7 Å². The fraction of sp³-hybridized carbons (Fsp3) is 0.333. The summed E-state index contributed by atoms with van der Waals surface area (Å²) < 4.78 is 5.58. The van der Waals surface area contributed by atoms with Gasteiger partial charge in [-0.25, -0.2) is 0 Å². The number of nitrogens with zero attached hydrogens (tertiary/aromatic N) is 1. The molecule has 0 aliphatic heterocycles. The zero-order valence-corrected chi connectivity index (χ0v) is 16.6. The third-order valence-corrected chi connectivity index (χ3v) is 4.45. The summed E-state index contributed by atoms with van der Waals surface area (Å²) in [6.07, 6.45) is 0. The highest BCUT2D eigenvalue weighted by Crippen LogP contribution is 2.23. The number of carbonyl (C=O) groups is 2. The summed E-state index contributed by atoms with van der Waals surface area (Å²) in [5.74, 6) is -0.0416. The van der Waals surface area contributed by atoms with E-state index in [2.05, 4.69) is 5.32 Å². The van der Waals surface area contributed by atoms with E-state index in [1.165, 1.54) is 4.90 Å². The van der Waals surface area contributed by atoms with Crippen LogP contribution in [0, 0.1) is 6.92 Å². The van der Waals surface area contributed by atoms with Crippen molar-refractivity contribution in [2.45, 2.75) is 33.4 Å². The van der Waals surface area contributed by atoms with E-state index in [4.69, 9.17) is 16.3 Å². The molecule has 2 aromatic rings. The molecule has 0 aromatic heterocycles. The molecular formula is C21H25ClN2O3. The van der Waals surface area contributed by atoms with Crippen LogP contribution < -0.4 is 10.1 Å². The van der Waals surface area contributed by atoms with Crippen LogP contribution in [0.2, 0.25) is 5.02 Å². The predicted molar refractivity (Wildman–Crippen MR) is 107 cm³/mol. The lowest BCUT2D eigenvalue weighted by Crippen LogP contribution is -2.49. The van der Waals surface area contributed by atoms with Crippen LogP contribution >= 0.6 is 11.6 Å². The van der Waals surface area contributed by atoms with Crippen molar-refractivity contribution < 1.29 is 14.3 Å². The normalized spacial score (nSPS) is 11.6. The minimum atomic E-state index is -0.618. The molecule has 5 nitrogen and oxygen atoms in total. The summed E-state index contributed by atoms with van der Waals surface area (Å²) in [6, 6.07) is 14.2. The summed E-state index contributed by atoms with van der Waals surface area (Å²) in [7, 11) is 0. The third-order valence-electron chi connectivity index (χ3n) is 4.14. The second-order valence-corrected chi connectivity index (χ2v) is 6.71. The van der Waals surface area contributed by atoms with Crippen LogP contribution in [0.5, 0.6) is 5.75 Å². The Bertz CT molecular complexity index is 795. The zero-order valence-electron chi connectivity index (χ0n) is 15.9.